The van der Waals surface area contributed by atoms with Gasteiger partial charge >= 0.3 is 0 Å². The average molecular weight is 236 g/mol. The highest BCUT2D eigenvalue weighted by Crippen LogP contribution is 2.36. The number of rotatable bonds is 2. The molecule has 0 fully saturated rings. The summed E-state index contributed by atoms with van der Waals surface area (Å²) in [6.07, 6.45) is -1.33. The van der Waals surface area contributed by atoms with Crippen molar-refractivity contribution in [1.82, 2.24) is 0 Å². The van der Waals surface area contributed by atoms with Crippen LogP contribution in [-0.2, 0) is 0 Å². The molecule has 1 aromatic carbocycles. The van der Waals surface area contributed by atoms with Gasteiger partial charge in [-0.3, -0.25) is 0 Å². The lowest BCUT2D eigenvalue weighted by Gasteiger charge is -2.24. The van der Waals surface area contributed by atoms with Crippen LogP contribution in [-0.4, -0.2) is 5.54 Å². The average Bonchev–Trinajstić information content (AvgIpc) is 2.07. The molecule has 0 saturated carbocycles. The van der Waals surface area contributed by atoms with Crippen LogP contribution in [0.2, 0.25) is 10.0 Å². The first-order valence-electron chi connectivity index (χ1n) is 4.21. The monoisotopic (exact) mass is 235 g/mol. The van der Waals surface area contributed by atoms with Crippen LogP contribution in [0.15, 0.2) is 18.2 Å². The SMILES string of the molecule is CC(C)(N)C(F)c1cccc(Cl)c1Cl. The molecule has 2 N–H and O–H groups in total. The van der Waals surface area contributed by atoms with Crippen LogP contribution >= 0.6 is 23.2 Å². The summed E-state index contributed by atoms with van der Waals surface area (Å²) in [5.41, 5.74) is 5.03. The smallest absolute Gasteiger partial charge is 0.144 e. The second-order valence-corrected chi connectivity index (χ2v) is 4.61. The molecule has 0 amide bonds. The highest BCUT2D eigenvalue weighted by molar-refractivity contribution is 6.42. The van der Waals surface area contributed by atoms with Crippen molar-refractivity contribution in [1.29, 1.82) is 0 Å². The van der Waals surface area contributed by atoms with E-state index in [1.807, 2.05) is 0 Å². The van der Waals surface area contributed by atoms with Gasteiger partial charge in [0.25, 0.3) is 0 Å². The Balaban J connectivity index is 3.14. The largest absolute Gasteiger partial charge is 0.323 e. The number of halogens is 3. The molecular formula is C10H12Cl2FN. The summed E-state index contributed by atoms with van der Waals surface area (Å²) in [5.74, 6) is 0. The van der Waals surface area contributed by atoms with Gasteiger partial charge < -0.3 is 5.73 Å². The van der Waals surface area contributed by atoms with Crippen LogP contribution in [0.5, 0.6) is 0 Å². The van der Waals surface area contributed by atoms with Crippen LogP contribution in [0, 0.1) is 0 Å². The molecule has 0 heterocycles. The fourth-order valence-electron chi connectivity index (χ4n) is 1.12. The zero-order valence-corrected chi connectivity index (χ0v) is 9.53. The van der Waals surface area contributed by atoms with Crippen molar-refractivity contribution in [3.8, 4) is 0 Å². The lowest BCUT2D eigenvalue weighted by molar-refractivity contribution is 0.223. The first-order chi connectivity index (χ1) is 6.34. The van der Waals surface area contributed by atoms with Crippen molar-refractivity contribution in [2.45, 2.75) is 25.6 Å². The molecule has 0 radical (unpaired) electrons. The molecule has 14 heavy (non-hydrogen) atoms. The molecule has 0 spiro atoms. The summed E-state index contributed by atoms with van der Waals surface area (Å²) in [4.78, 5) is 0. The van der Waals surface area contributed by atoms with Crippen molar-refractivity contribution >= 4 is 23.2 Å². The van der Waals surface area contributed by atoms with Crippen LogP contribution in [0.25, 0.3) is 0 Å². The van der Waals surface area contributed by atoms with E-state index in [0.29, 0.717) is 10.6 Å². The Hall–Kier alpha value is -0.310. The minimum absolute atomic E-state index is 0.236. The van der Waals surface area contributed by atoms with E-state index in [4.69, 9.17) is 28.9 Å². The lowest BCUT2D eigenvalue weighted by Crippen LogP contribution is -2.37. The van der Waals surface area contributed by atoms with Gasteiger partial charge in [-0.2, -0.15) is 0 Å². The maximum absolute atomic E-state index is 13.8. The highest BCUT2D eigenvalue weighted by atomic mass is 35.5. The predicted molar refractivity (Wildman–Crippen MR) is 58.6 cm³/mol. The molecule has 0 aliphatic rings. The quantitative estimate of drug-likeness (QED) is 0.831. The van der Waals surface area contributed by atoms with E-state index in [9.17, 15) is 4.39 Å². The number of alkyl halides is 1. The summed E-state index contributed by atoms with van der Waals surface area (Å²) >= 11 is 11.6. The predicted octanol–water partition coefficient (Wildman–Crippen LogP) is 3.74. The second-order valence-electron chi connectivity index (χ2n) is 3.83. The lowest BCUT2D eigenvalue weighted by atomic mass is 9.94. The van der Waals surface area contributed by atoms with Gasteiger partial charge in [0.1, 0.15) is 6.17 Å². The Morgan fingerprint density at radius 3 is 2.43 bits per heavy atom. The normalized spacial score (nSPS) is 14.1. The van der Waals surface area contributed by atoms with Crippen LogP contribution < -0.4 is 5.73 Å². The van der Waals surface area contributed by atoms with Crippen LogP contribution in [0.1, 0.15) is 25.6 Å². The summed E-state index contributed by atoms with van der Waals surface area (Å²) in [5, 5.41) is 0.580. The van der Waals surface area contributed by atoms with E-state index in [2.05, 4.69) is 0 Å². The third-order valence-electron chi connectivity index (χ3n) is 1.91. The Kier molecular flexibility index (Phi) is 3.40. The molecule has 1 aromatic rings. The first kappa shape index (κ1) is 11.8. The maximum atomic E-state index is 13.8. The molecule has 1 atom stereocenters. The third-order valence-corrected chi connectivity index (χ3v) is 2.74. The van der Waals surface area contributed by atoms with E-state index in [1.54, 1.807) is 32.0 Å². The molecule has 78 valence electrons. The molecule has 0 aliphatic heterocycles. The van der Waals surface area contributed by atoms with Crippen LogP contribution in [0.3, 0.4) is 0 Å². The van der Waals surface area contributed by atoms with Gasteiger partial charge in [-0.05, 0) is 19.9 Å². The van der Waals surface area contributed by atoms with Crippen LogP contribution in [0.4, 0.5) is 4.39 Å². The van der Waals surface area contributed by atoms with Gasteiger partial charge in [-0.25, -0.2) is 4.39 Å². The van der Waals surface area contributed by atoms with Crippen molar-refractivity contribution in [2.75, 3.05) is 0 Å². The van der Waals surface area contributed by atoms with E-state index in [1.165, 1.54) is 0 Å². The third kappa shape index (κ3) is 2.38. The summed E-state index contributed by atoms with van der Waals surface area (Å²) in [7, 11) is 0. The standard InChI is InChI=1S/C10H12Cl2FN/c1-10(2,14)9(13)6-4-3-5-7(11)8(6)12/h3-5,9H,14H2,1-2H3. The molecule has 1 nitrogen and oxygen atoms in total. The van der Waals surface area contributed by atoms with Gasteiger partial charge in [0.15, 0.2) is 0 Å². The number of hydrogen-bond donors (Lipinski definition) is 1. The van der Waals surface area contributed by atoms with E-state index < -0.39 is 11.7 Å². The minimum Gasteiger partial charge on any atom is -0.323 e. The zero-order valence-electron chi connectivity index (χ0n) is 8.02. The maximum Gasteiger partial charge on any atom is 0.144 e. The summed E-state index contributed by atoms with van der Waals surface area (Å²) in [6, 6.07) is 4.86. The number of hydrogen-bond acceptors (Lipinski definition) is 1. The minimum atomic E-state index is -1.33. The molecule has 1 unspecified atom stereocenters. The molecule has 1 rings (SSSR count). The zero-order chi connectivity index (χ0) is 10.9. The van der Waals surface area contributed by atoms with Gasteiger partial charge in [0.05, 0.1) is 10.0 Å². The Morgan fingerprint density at radius 1 is 1.36 bits per heavy atom. The van der Waals surface area contributed by atoms with Crippen molar-refractivity contribution < 1.29 is 4.39 Å². The Labute approximate surface area is 93.0 Å². The molecule has 0 aromatic heterocycles. The molecule has 0 bridgehead atoms. The fraction of sp³-hybridized carbons (Fsp3) is 0.400. The Bertz CT molecular complexity index is 333. The second kappa shape index (κ2) is 4.05. The van der Waals surface area contributed by atoms with Crippen molar-refractivity contribution in [3.05, 3.63) is 33.8 Å². The van der Waals surface area contributed by atoms with E-state index in [0.717, 1.165) is 0 Å². The van der Waals surface area contributed by atoms with Gasteiger partial charge in [-0.15, -0.1) is 0 Å². The molecule has 0 aliphatic carbocycles. The molecule has 0 saturated heterocycles. The highest BCUT2D eigenvalue weighted by Gasteiger charge is 2.28. The summed E-state index contributed by atoms with van der Waals surface area (Å²) < 4.78 is 13.8. The van der Waals surface area contributed by atoms with E-state index >= 15 is 0 Å². The Morgan fingerprint density at radius 2 is 1.93 bits per heavy atom. The van der Waals surface area contributed by atoms with Gasteiger partial charge in [0.2, 0.25) is 0 Å². The van der Waals surface area contributed by atoms with Crippen molar-refractivity contribution in [2.24, 2.45) is 5.73 Å². The number of benzene rings is 1. The van der Waals surface area contributed by atoms with Gasteiger partial charge in [-0.1, -0.05) is 35.3 Å². The van der Waals surface area contributed by atoms with Gasteiger partial charge in [0, 0.05) is 11.1 Å². The van der Waals surface area contributed by atoms with E-state index in [-0.39, 0.29) is 5.02 Å². The number of nitrogens with two attached hydrogens (primary N) is 1. The topological polar surface area (TPSA) is 26.0 Å². The molecular weight excluding hydrogens is 224 g/mol. The van der Waals surface area contributed by atoms with Crippen molar-refractivity contribution in [3.63, 3.8) is 0 Å². The first-order valence-corrected chi connectivity index (χ1v) is 4.96. The summed E-state index contributed by atoms with van der Waals surface area (Å²) in [6.45, 7) is 3.21. The molecule has 4 heteroatoms. The fourth-order valence-corrected chi connectivity index (χ4v) is 1.52.